The van der Waals surface area contributed by atoms with Gasteiger partial charge in [-0.05, 0) is 128 Å². The summed E-state index contributed by atoms with van der Waals surface area (Å²) >= 11 is 0. The molecule has 80 heavy (non-hydrogen) atoms. The molecular weight excluding hydrogens is 985 g/mol. The molecule has 0 amide bonds. The summed E-state index contributed by atoms with van der Waals surface area (Å²) in [5.41, 5.74) is 0. The van der Waals surface area contributed by atoms with E-state index in [1.165, 1.54) is 109 Å². The van der Waals surface area contributed by atoms with Gasteiger partial charge < -0.3 is 14.2 Å². The maximum absolute atomic E-state index is 12.9. The lowest BCUT2D eigenvalue weighted by Gasteiger charge is -2.18. The smallest absolute Gasteiger partial charge is 0.306 e. The van der Waals surface area contributed by atoms with Gasteiger partial charge >= 0.3 is 17.9 Å². The van der Waals surface area contributed by atoms with Gasteiger partial charge in [-0.3, -0.25) is 14.4 Å². The van der Waals surface area contributed by atoms with E-state index < -0.39 is 6.10 Å². The monoisotopic (exact) mass is 1110 g/mol. The third-order valence-corrected chi connectivity index (χ3v) is 13.9. The fraction of sp³-hybridized carbons (Fsp3) is 0.662. The summed E-state index contributed by atoms with van der Waals surface area (Å²) in [7, 11) is 0. The van der Waals surface area contributed by atoms with Crippen LogP contribution in [0.15, 0.2) is 134 Å². The zero-order valence-electron chi connectivity index (χ0n) is 52.0. The zero-order valence-corrected chi connectivity index (χ0v) is 52.0. The molecule has 0 aliphatic heterocycles. The lowest BCUT2D eigenvalue weighted by Crippen LogP contribution is -2.30. The van der Waals surface area contributed by atoms with Crippen LogP contribution in [-0.4, -0.2) is 37.2 Å². The third kappa shape index (κ3) is 64.4. The highest BCUT2D eigenvalue weighted by Crippen LogP contribution is 2.16. The Morgan fingerprint density at radius 2 is 0.487 bits per heavy atom. The van der Waals surface area contributed by atoms with Crippen LogP contribution >= 0.6 is 0 Å². The Morgan fingerprint density at radius 1 is 0.263 bits per heavy atom. The van der Waals surface area contributed by atoms with E-state index in [1.807, 2.05) is 0 Å². The molecule has 0 aliphatic carbocycles. The third-order valence-electron chi connectivity index (χ3n) is 13.9. The molecule has 1 atom stereocenters. The second-order valence-corrected chi connectivity index (χ2v) is 21.6. The molecule has 0 aromatic rings. The second-order valence-electron chi connectivity index (χ2n) is 21.6. The molecular formula is C74H122O6. The van der Waals surface area contributed by atoms with Gasteiger partial charge in [0.25, 0.3) is 0 Å². The van der Waals surface area contributed by atoms with Gasteiger partial charge in [0.15, 0.2) is 6.10 Å². The minimum absolute atomic E-state index is 0.0909. The molecule has 0 N–H and O–H groups in total. The summed E-state index contributed by atoms with van der Waals surface area (Å²) in [4.78, 5) is 38.4. The van der Waals surface area contributed by atoms with Gasteiger partial charge in [0.2, 0.25) is 0 Å². The van der Waals surface area contributed by atoms with Crippen molar-refractivity contribution in [3.8, 4) is 0 Å². The molecule has 0 spiro atoms. The SMILES string of the molecule is CC/C=C\C/C=C\C/C=C\C/C=C\C/C=C\CCCCCCCCCC(=O)OC(COC(=O)CCCCCCC/C=C\C/C=C\CCCC)COC(=O)CCCCCCCCCCCCCC/C=C\C/C=C\C/C=C\C/C=C\CC. The van der Waals surface area contributed by atoms with Crippen molar-refractivity contribution in [2.45, 2.75) is 303 Å². The molecule has 0 heterocycles. The number of unbranched alkanes of at least 4 members (excludes halogenated alkanes) is 26. The molecule has 0 rings (SSSR count). The van der Waals surface area contributed by atoms with Crippen LogP contribution < -0.4 is 0 Å². The van der Waals surface area contributed by atoms with Crippen molar-refractivity contribution < 1.29 is 28.6 Å². The van der Waals surface area contributed by atoms with Crippen LogP contribution in [0.5, 0.6) is 0 Å². The van der Waals surface area contributed by atoms with Gasteiger partial charge in [0.05, 0.1) is 0 Å². The van der Waals surface area contributed by atoms with Gasteiger partial charge in [-0.1, -0.05) is 283 Å². The largest absolute Gasteiger partial charge is 0.462 e. The Hall–Kier alpha value is -4.45. The molecule has 0 radical (unpaired) electrons. The Kier molecular flexibility index (Phi) is 63.3. The van der Waals surface area contributed by atoms with Crippen LogP contribution in [0.1, 0.15) is 297 Å². The molecule has 0 bridgehead atoms. The Labute approximate surface area is 494 Å². The van der Waals surface area contributed by atoms with Crippen LogP contribution in [0.3, 0.4) is 0 Å². The van der Waals surface area contributed by atoms with Gasteiger partial charge in [-0.15, -0.1) is 0 Å². The number of hydrogen-bond donors (Lipinski definition) is 0. The van der Waals surface area contributed by atoms with Crippen LogP contribution in [0.2, 0.25) is 0 Å². The minimum atomic E-state index is -0.797. The lowest BCUT2D eigenvalue weighted by molar-refractivity contribution is -0.167. The normalized spacial score (nSPS) is 13.0. The predicted molar refractivity (Wildman–Crippen MR) is 348 cm³/mol. The van der Waals surface area contributed by atoms with Gasteiger partial charge in [0.1, 0.15) is 13.2 Å². The summed E-state index contributed by atoms with van der Waals surface area (Å²) in [6, 6.07) is 0. The van der Waals surface area contributed by atoms with E-state index in [1.54, 1.807) is 0 Å². The number of hydrogen-bond acceptors (Lipinski definition) is 6. The van der Waals surface area contributed by atoms with Crippen LogP contribution in [0, 0.1) is 0 Å². The summed E-state index contributed by atoms with van der Waals surface area (Å²) < 4.78 is 16.9. The standard InChI is InChI=1S/C74H122O6/c1-4-7-10-13-16-19-22-25-28-30-32-34-36-37-39-40-42-44-46-49-52-55-58-61-64-67-73(76)79-70-71(69-78-72(75)66-63-60-57-54-51-48-27-24-21-18-15-12-9-6-3)80-74(77)68-65-62-59-56-53-50-47-45-43-41-38-35-33-31-29-26-23-20-17-14-11-8-5-2/h7-8,10-11,15-20,24-29,32-35,41,43,71H,4-6,9,12-14,21-23,30-31,36-40,42,44-70H2,1-3H3/b10-7-,11-8-,18-15-,19-16-,20-17-,27-24-,28-25-,29-26-,34-32-,35-33-,43-41-. The van der Waals surface area contributed by atoms with Crippen molar-refractivity contribution in [3.05, 3.63) is 134 Å². The first kappa shape index (κ1) is 75.5. The summed E-state index contributed by atoms with van der Waals surface area (Å²) in [5, 5.41) is 0. The molecule has 0 aromatic carbocycles. The zero-order chi connectivity index (χ0) is 57.8. The molecule has 0 aromatic heterocycles. The van der Waals surface area contributed by atoms with E-state index in [2.05, 4.69) is 154 Å². The number of esters is 3. The topological polar surface area (TPSA) is 78.9 Å². The van der Waals surface area contributed by atoms with Crippen molar-refractivity contribution in [1.29, 1.82) is 0 Å². The Morgan fingerprint density at radius 3 is 0.762 bits per heavy atom. The van der Waals surface area contributed by atoms with Crippen molar-refractivity contribution >= 4 is 17.9 Å². The lowest BCUT2D eigenvalue weighted by atomic mass is 10.0. The van der Waals surface area contributed by atoms with Gasteiger partial charge in [0, 0.05) is 19.3 Å². The Bertz CT molecular complexity index is 1700. The second kappa shape index (κ2) is 67.1. The van der Waals surface area contributed by atoms with Crippen molar-refractivity contribution in [3.63, 3.8) is 0 Å². The summed E-state index contributed by atoms with van der Waals surface area (Å²) in [5.74, 6) is -0.913. The summed E-state index contributed by atoms with van der Waals surface area (Å²) in [6.45, 7) is 6.37. The van der Waals surface area contributed by atoms with Crippen molar-refractivity contribution in [2.24, 2.45) is 0 Å². The van der Waals surface area contributed by atoms with E-state index in [0.717, 1.165) is 148 Å². The molecule has 0 saturated heterocycles. The van der Waals surface area contributed by atoms with E-state index in [9.17, 15) is 14.4 Å². The minimum Gasteiger partial charge on any atom is -0.462 e. The number of carbonyl (C=O) groups is 3. The number of allylic oxidation sites excluding steroid dienone is 22. The average Bonchev–Trinajstić information content (AvgIpc) is 3.46. The average molecular weight is 1110 g/mol. The number of rotatable bonds is 59. The molecule has 0 aliphatic rings. The van der Waals surface area contributed by atoms with Gasteiger partial charge in [-0.2, -0.15) is 0 Å². The highest BCUT2D eigenvalue weighted by molar-refractivity contribution is 5.71. The fourth-order valence-electron chi connectivity index (χ4n) is 8.95. The molecule has 0 fully saturated rings. The predicted octanol–water partition coefficient (Wildman–Crippen LogP) is 22.9. The molecule has 454 valence electrons. The molecule has 1 unspecified atom stereocenters. The highest BCUT2D eigenvalue weighted by Gasteiger charge is 2.19. The van der Waals surface area contributed by atoms with Crippen molar-refractivity contribution in [2.75, 3.05) is 13.2 Å². The van der Waals surface area contributed by atoms with E-state index >= 15 is 0 Å². The quantitative estimate of drug-likeness (QED) is 0.0261. The first-order chi connectivity index (χ1) is 39.5. The van der Waals surface area contributed by atoms with E-state index in [0.29, 0.717) is 19.3 Å². The molecule has 0 saturated carbocycles. The Balaban J connectivity index is 4.38. The maximum Gasteiger partial charge on any atom is 0.306 e. The maximum atomic E-state index is 12.9. The van der Waals surface area contributed by atoms with Crippen LogP contribution in [0.4, 0.5) is 0 Å². The highest BCUT2D eigenvalue weighted by atomic mass is 16.6. The van der Waals surface area contributed by atoms with Crippen LogP contribution in [0.25, 0.3) is 0 Å². The van der Waals surface area contributed by atoms with Crippen LogP contribution in [-0.2, 0) is 28.6 Å². The first-order valence-electron chi connectivity index (χ1n) is 33.2. The molecule has 6 heteroatoms. The van der Waals surface area contributed by atoms with Crippen molar-refractivity contribution in [1.82, 2.24) is 0 Å². The summed E-state index contributed by atoms with van der Waals surface area (Å²) in [6.07, 6.45) is 94.5. The first-order valence-corrected chi connectivity index (χ1v) is 33.2. The fourth-order valence-corrected chi connectivity index (χ4v) is 8.95. The number of ether oxygens (including phenoxy) is 3. The number of carbonyl (C=O) groups excluding carboxylic acids is 3. The molecule has 6 nitrogen and oxygen atoms in total. The van der Waals surface area contributed by atoms with E-state index in [4.69, 9.17) is 14.2 Å². The van der Waals surface area contributed by atoms with E-state index in [-0.39, 0.29) is 31.1 Å². The van der Waals surface area contributed by atoms with Gasteiger partial charge in [-0.25, -0.2) is 0 Å².